The smallest absolute Gasteiger partial charge is 0.341 e. The summed E-state index contributed by atoms with van der Waals surface area (Å²) in [5, 5.41) is 4.32. The van der Waals surface area contributed by atoms with Crippen molar-refractivity contribution in [3.05, 3.63) is 51.7 Å². The number of aryl methyl sites for hydroxylation is 1. The summed E-state index contributed by atoms with van der Waals surface area (Å²) >= 11 is 0. The Morgan fingerprint density at radius 2 is 2.11 bits per heavy atom. The molecule has 2 aromatic rings. The summed E-state index contributed by atoms with van der Waals surface area (Å²) in [4.78, 5) is 27.7. The first kappa shape index (κ1) is 17.9. The van der Waals surface area contributed by atoms with Crippen molar-refractivity contribution in [2.45, 2.75) is 45.2 Å². The fourth-order valence-electron chi connectivity index (χ4n) is 4.03. The first-order valence-corrected chi connectivity index (χ1v) is 9.35. The van der Waals surface area contributed by atoms with E-state index in [1.165, 1.54) is 15.3 Å². The molecule has 144 valence electrons. The van der Waals surface area contributed by atoms with Crippen LogP contribution >= 0.6 is 0 Å². The highest BCUT2D eigenvalue weighted by atomic mass is 19.1. The molecule has 1 amide bonds. The van der Waals surface area contributed by atoms with Gasteiger partial charge in [-0.1, -0.05) is 13.0 Å². The van der Waals surface area contributed by atoms with Gasteiger partial charge in [0.1, 0.15) is 23.5 Å². The Bertz CT molecular complexity index is 936. The van der Waals surface area contributed by atoms with Gasteiger partial charge in [-0.3, -0.25) is 9.36 Å². The van der Waals surface area contributed by atoms with Crippen molar-refractivity contribution in [3.63, 3.8) is 0 Å². The number of hydrogen-bond acceptors (Lipinski definition) is 3. The van der Waals surface area contributed by atoms with E-state index < -0.39 is 23.4 Å². The average molecular weight is 376 g/mol. The van der Waals surface area contributed by atoms with Crippen LogP contribution < -0.4 is 5.69 Å². The maximum atomic E-state index is 13.9. The van der Waals surface area contributed by atoms with Gasteiger partial charge >= 0.3 is 5.69 Å². The lowest BCUT2D eigenvalue weighted by Gasteiger charge is -2.27. The van der Waals surface area contributed by atoms with Crippen LogP contribution in [0.15, 0.2) is 23.0 Å². The fourth-order valence-corrected chi connectivity index (χ4v) is 4.03. The molecule has 1 fully saturated rings. The second-order valence-corrected chi connectivity index (χ2v) is 7.55. The third-order valence-electron chi connectivity index (χ3n) is 5.49. The quantitative estimate of drug-likeness (QED) is 0.825. The fraction of sp³-hybridized carbons (Fsp3) is 0.526. The number of likely N-dealkylation sites (tertiary alicyclic amines) is 1. The summed E-state index contributed by atoms with van der Waals surface area (Å²) in [5.74, 6) is -0.392. The second kappa shape index (κ2) is 6.90. The number of nitrogens with zero attached hydrogens (tertiary/aromatic N) is 4. The highest BCUT2D eigenvalue weighted by Gasteiger charge is 2.35. The zero-order valence-corrected chi connectivity index (χ0v) is 15.2. The number of carbonyl (C=O) groups is 1. The van der Waals surface area contributed by atoms with Gasteiger partial charge in [-0.25, -0.2) is 18.3 Å². The van der Waals surface area contributed by atoms with Gasteiger partial charge in [0.05, 0.1) is 6.54 Å². The number of rotatable bonds is 3. The highest BCUT2D eigenvalue weighted by molar-refractivity contribution is 5.81. The summed E-state index contributed by atoms with van der Waals surface area (Å²) in [6.07, 6.45) is 2.96. The van der Waals surface area contributed by atoms with Crippen LogP contribution in [0.4, 0.5) is 8.78 Å². The van der Waals surface area contributed by atoms with Crippen molar-refractivity contribution >= 4 is 5.91 Å². The molecule has 0 radical (unpaired) electrons. The van der Waals surface area contributed by atoms with Crippen LogP contribution in [0.5, 0.6) is 0 Å². The van der Waals surface area contributed by atoms with E-state index in [0.29, 0.717) is 31.1 Å². The zero-order chi connectivity index (χ0) is 19.1. The van der Waals surface area contributed by atoms with E-state index in [4.69, 9.17) is 0 Å². The first-order chi connectivity index (χ1) is 12.9. The van der Waals surface area contributed by atoms with Gasteiger partial charge in [-0.15, -0.1) is 0 Å². The van der Waals surface area contributed by atoms with Crippen LogP contribution in [0.25, 0.3) is 0 Å². The Labute approximate surface area is 155 Å². The first-order valence-electron chi connectivity index (χ1n) is 9.35. The van der Waals surface area contributed by atoms with E-state index in [9.17, 15) is 18.4 Å². The number of amides is 1. The molecule has 3 heterocycles. The van der Waals surface area contributed by atoms with Crippen molar-refractivity contribution in [2.75, 3.05) is 13.1 Å². The minimum Gasteiger partial charge on any atom is -0.341 e. The molecule has 2 atom stereocenters. The molecule has 0 saturated carbocycles. The van der Waals surface area contributed by atoms with Crippen LogP contribution in [0.1, 0.15) is 43.6 Å². The maximum absolute atomic E-state index is 13.9. The number of aromatic nitrogens is 3. The molecule has 2 aliphatic heterocycles. The Morgan fingerprint density at radius 1 is 1.30 bits per heavy atom. The molecule has 0 unspecified atom stereocenters. The summed E-state index contributed by atoms with van der Waals surface area (Å²) in [6, 6.07) is 2.71. The van der Waals surface area contributed by atoms with Crippen LogP contribution in [0.3, 0.4) is 0 Å². The molecule has 2 aliphatic rings. The maximum Gasteiger partial charge on any atom is 0.346 e. The van der Waals surface area contributed by atoms with Crippen LogP contribution in [0.2, 0.25) is 0 Å². The Morgan fingerprint density at radius 3 is 2.81 bits per heavy atom. The summed E-state index contributed by atoms with van der Waals surface area (Å²) < 4.78 is 29.7. The van der Waals surface area contributed by atoms with Crippen molar-refractivity contribution < 1.29 is 13.6 Å². The van der Waals surface area contributed by atoms with E-state index in [0.717, 1.165) is 31.5 Å². The SMILES string of the molecule is C[C@H]1CCN(C(=O)[C@@H]2CCCc3nn(Cc4ccc(F)cc4F)c(=O)n32)C1. The average Bonchev–Trinajstić information content (AvgIpc) is 3.21. The molecule has 6 nitrogen and oxygen atoms in total. The van der Waals surface area contributed by atoms with Crippen molar-refractivity contribution in [1.82, 2.24) is 19.2 Å². The number of benzene rings is 1. The van der Waals surface area contributed by atoms with Crippen LogP contribution in [0, 0.1) is 17.6 Å². The van der Waals surface area contributed by atoms with Gasteiger partial charge in [0, 0.05) is 31.1 Å². The molecule has 27 heavy (non-hydrogen) atoms. The summed E-state index contributed by atoms with van der Waals surface area (Å²) in [7, 11) is 0. The molecular formula is C19H22F2N4O2. The third kappa shape index (κ3) is 3.28. The van der Waals surface area contributed by atoms with Gasteiger partial charge in [0.15, 0.2) is 0 Å². The lowest BCUT2D eigenvalue weighted by Crippen LogP contribution is -2.41. The number of carbonyl (C=O) groups excluding carboxylic acids is 1. The molecule has 0 spiro atoms. The summed E-state index contributed by atoms with van der Waals surface area (Å²) in [5.41, 5.74) is -0.232. The Kier molecular flexibility index (Phi) is 4.57. The van der Waals surface area contributed by atoms with E-state index in [1.807, 2.05) is 4.90 Å². The number of hydrogen-bond donors (Lipinski definition) is 0. The van der Waals surface area contributed by atoms with Gasteiger partial charge in [0.25, 0.3) is 0 Å². The number of halogens is 2. The van der Waals surface area contributed by atoms with Crippen molar-refractivity contribution in [1.29, 1.82) is 0 Å². The van der Waals surface area contributed by atoms with Crippen molar-refractivity contribution in [3.8, 4) is 0 Å². The highest BCUT2D eigenvalue weighted by Crippen LogP contribution is 2.27. The van der Waals surface area contributed by atoms with E-state index >= 15 is 0 Å². The molecular weight excluding hydrogens is 354 g/mol. The van der Waals surface area contributed by atoms with E-state index in [2.05, 4.69) is 12.0 Å². The molecule has 1 aromatic carbocycles. The molecule has 0 aliphatic carbocycles. The van der Waals surface area contributed by atoms with Crippen LogP contribution in [-0.4, -0.2) is 38.2 Å². The zero-order valence-electron chi connectivity index (χ0n) is 15.2. The van der Waals surface area contributed by atoms with Crippen molar-refractivity contribution in [2.24, 2.45) is 5.92 Å². The van der Waals surface area contributed by atoms with E-state index in [1.54, 1.807) is 0 Å². The van der Waals surface area contributed by atoms with Gasteiger partial charge < -0.3 is 4.90 Å². The Balaban J connectivity index is 1.64. The molecule has 8 heteroatoms. The molecule has 0 bridgehead atoms. The van der Waals surface area contributed by atoms with Gasteiger partial charge in [-0.05, 0) is 31.2 Å². The molecule has 1 aromatic heterocycles. The monoisotopic (exact) mass is 376 g/mol. The second-order valence-electron chi connectivity index (χ2n) is 7.55. The normalized spacial score (nSPS) is 22.1. The molecule has 1 saturated heterocycles. The number of fused-ring (bicyclic) bond motifs is 1. The van der Waals surface area contributed by atoms with Gasteiger partial charge in [-0.2, -0.15) is 5.10 Å². The topological polar surface area (TPSA) is 60.1 Å². The molecule has 4 rings (SSSR count). The van der Waals surface area contributed by atoms with Crippen LogP contribution in [-0.2, 0) is 17.8 Å². The lowest BCUT2D eigenvalue weighted by atomic mass is 10.0. The third-order valence-corrected chi connectivity index (χ3v) is 5.49. The predicted octanol–water partition coefficient (Wildman–Crippen LogP) is 2.12. The minimum atomic E-state index is -0.716. The molecule has 0 N–H and O–H groups in total. The Hall–Kier alpha value is -2.51. The predicted molar refractivity (Wildman–Crippen MR) is 94.3 cm³/mol. The summed E-state index contributed by atoms with van der Waals surface area (Å²) in [6.45, 7) is 3.46. The minimum absolute atomic E-state index is 0.0325. The largest absolute Gasteiger partial charge is 0.346 e. The van der Waals surface area contributed by atoms with Gasteiger partial charge in [0.2, 0.25) is 5.91 Å². The standard InChI is InChI=1S/C19H22F2N4O2/c1-12-7-8-23(10-12)18(26)16-3-2-4-17-22-24(19(27)25(16)17)11-13-5-6-14(20)9-15(13)21/h5-6,9,12,16H,2-4,7-8,10-11H2,1H3/t12-,16-/m0/s1. The lowest BCUT2D eigenvalue weighted by molar-refractivity contribution is -0.134. The van der Waals surface area contributed by atoms with E-state index in [-0.39, 0.29) is 18.0 Å².